The molecule has 9 atom stereocenters. The third kappa shape index (κ3) is 5.07. The highest BCUT2D eigenvalue weighted by Gasteiger charge is 2.50. The molecule has 12 heteroatoms. The van der Waals surface area contributed by atoms with Gasteiger partial charge in [0.25, 0.3) is 0 Å². The van der Waals surface area contributed by atoms with Crippen LogP contribution in [-0.4, -0.2) is 91.6 Å². The van der Waals surface area contributed by atoms with Gasteiger partial charge in [-0.3, -0.25) is 15.4 Å². The highest BCUT2D eigenvalue weighted by Crippen LogP contribution is 2.40. The smallest absolute Gasteiger partial charge is 0.226 e. The van der Waals surface area contributed by atoms with E-state index >= 15 is 0 Å². The third-order valence-electron chi connectivity index (χ3n) is 8.00. The van der Waals surface area contributed by atoms with Crippen LogP contribution in [0.5, 0.6) is 0 Å². The van der Waals surface area contributed by atoms with Crippen LogP contribution in [0.4, 0.5) is 0 Å². The Morgan fingerprint density at radius 3 is 2.64 bits per heavy atom. The molecule has 0 radical (unpaired) electrons. The monoisotopic (exact) mass is 521 g/mol. The van der Waals surface area contributed by atoms with E-state index in [9.17, 15) is 13.2 Å². The Morgan fingerprint density at radius 2 is 1.94 bits per heavy atom. The maximum absolute atomic E-state index is 13.4. The number of amides is 1. The van der Waals surface area contributed by atoms with Gasteiger partial charge in [-0.1, -0.05) is 0 Å². The van der Waals surface area contributed by atoms with E-state index in [0.29, 0.717) is 32.2 Å². The third-order valence-corrected chi connectivity index (χ3v) is 12.0. The van der Waals surface area contributed by atoms with Crippen molar-refractivity contribution in [1.29, 1.82) is 0 Å². The summed E-state index contributed by atoms with van der Waals surface area (Å²) < 4.78 is 32.5. The number of piperidine rings is 2. The van der Waals surface area contributed by atoms with Crippen LogP contribution in [0.15, 0.2) is 0 Å². The average Bonchev–Trinajstić information content (AvgIpc) is 3.47. The van der Waals surface area contributed by atoms with Crippen molar-refractivity contribution < 1.29 is 17.9 Å². The van der Waals surface area contributed by atoms with Crippen LogP contribution in [0.3, 0.4) is 0 Å². The molecule has 4 N–H and O–H groups in total. The number of nitrogens with zero attached hydrogens (tertiary/aromatic N) is 1. The summed E-state index contributed by atoms with van der Waals surface area (Å²) in [6.07, 6.45) is 3.31. The second kappa shape index (κ2) is 9.72. The number of carbonyl (C=O) groups excluding carboxylic acids is 1. The van der Waals surface area contributed by atoms with E-state index in [1.165, 1.54) is 0 Å². The lowest BCUT2D eigenvalue weighted by Crippen LogP contribution is -2.57. The van der Waals surface area contributed by atoms with E-state index in [1.54, 1.807) is 23.2 Å². The zero-order chi connectivity index (χ0) is 23.3. The molecule has 0 aromatic heterocycles. The predicted octanol–water partition coefficient (Wildman–Crippen LogP) is 0.0712. The summed E-state index contributed by atoms with van der Waals surface area (Å²) in [5.41, 5.74) is -0.290. The molecule has 1 amide bonds. The Morgan fingerprint density at radius 1 is 1.15 bits per heavy atom. The minimum absolute atomic E-state index is 0.0448. The van der Waals surface area contributed by atoms with E-state index < -0.39 is 10.0 Å². The molecule has 9 nitrogen and oxygen atoms in total. The average molecular weight is 522 g/mol. The van der Waals surface area contributed by atoms with Crippen molar-refractivity contribution >= 4 is 39.3 Å². The number of sulfonamides is 1. The summed E-state index contributed by atoms with van der Waals surface area (Å²) in [5, 5.41) is 13.4. The number of ether oxygens (including phenoxy) is 1. The lowest BCUT2D eigenvalue weighted by molar-refractivity contribution is -0.130. The molecule has 9 unspecified atom stereocenters. The Labute approximate surface area is 205 Å². The zero-order valence-corrected chi connectivity index (χ0v) is 21.6. The van der Waals surface area contributed by atoms with Gasteiger partial charge in [-0.2, -0.15) is 4.31 Å². The molecule has 0 spiro atoms. The maximum Gasteiger partial charge on any atom is 0.226 e. The number of hydrogen-bond donors (Lipinski definition) is 4. The fourth-order valence-electron chi connectivity index (χ4n) is 6.02. The van der Waals surface area contributed by atoms with Gasteiger partial charge in [0.1, 0.15) is 5.50 Å². The summed E-state index contributed by atoms with van der Waals surface area (Å²) in [5.74, 6) is 0.315. The lowest BCUT2D eigenvalue weighted by Gasteiger charge is -2.45. The molecule has 0 bridgehead atoms. The van der Waals surface area contributed by atoms with Gasteiger partial charge in [-0.15, -0.1) is 23.4 Å². The summed E-state index contributed by atoms with van der Waals surface area (Å²) in [6.45, 7) is 4.53. The van der Waals surface area contributed by atoms with Crippen molar-refractivity contribution in [3.63, 3.8) is 0 Å². The molecule has 33 heavy (non-hydrogen) atoms. The van der Waals surface area contributed by atoms with Gasteiger partial charge in [0.2, 0.25) is 15.9 Å². The highest BCUT2D eigenvalue weighted by atomic mass is 35.5. The number of rotatable bonds is 6. The van der Waals surface area contributed by atoms with Crippen molar-refractivity contribution in [1.82, 2.24) is 25.6 Å². The van der Waals surface area contributed by atoms with Gasteiger partial charge >= 0.3 is 0 Å². The fourth-order valence-corrected chi connectivity index (χ4v) is 9.70. The second-order valence-corrected chi connectivity index (χ2v) is 14.4. The van der Waals surface area contributed by atoms with Crippen LogP contribution in [0.1, 0.15) is 32.6 Å². The molecule has 0 aromatic rings. The standard InChI is InChI=1S/C21H36ClN5O4S2/c1-11-5-13(14-6-19(22)24-8-17(14)31-2)15(7-23-11)20(28)26-21-25-16-9-27(10-18(16)32-21)33(29,30)12-3-4-12/h11-19,21,23-25H,3-10H2,1-2H3,(H,26,28). The minimum atomic E-state index is -3.15. The number of methoxy groups -OCH3 is 1. The fraction of sp³-hybridized carbons (Fsp3) is 0.952. The number of carbonyl (C=O) groups is 1. The van der Waals surface area contributed by atoms with Crippen molar-refractivity contribution in [2.24, 2.45) is 17.8 Å². The van der Waals surface area contributed by atoms with Crippen LogP contribution < -0.4 is 21.3 Å². The first-order valence-electron chi connectivity index (χ1n) is 12.1. The van der Waals surface area contributed by atoms with Gasteiger partial charge in [-0.05, 0) is 44.4 Å². The molecule has 0 aromatic carbocycles. The van der Waals surface area contributed by atoms with Gasteiger partial charge in [-0.25, -0.2) is 8.42 Å². The van der Waals surface area contributed by atoms with Crippen LogP contribution in [0, 0.1) is 17.8 Å². The van der Waals surface area contributed by atoms with E-state index in [2.05, 4.69) is 28.2 Å². The predicted molar refractivity (Wildman–Crippen MR) is 129 cm³/mol. The quantitative estimate of drug-likeness (QED) is 0.287. The first-order chi connectivity index (χ1) is 15.8. The summed E-state index contributed by atoms with van der Waals surface area (Å²) in [6, 6.07) is 0.423. The summed E-state index contributed by atoms with van der Waals surface area (Å²) >= 11 is 8.08. The minimum Gasteiger partial charge on any atom is -0.380 e. The Hall–Kier alpha value is -0.140. The normalized spacial score (nSPS) is 44.5. The molecule has 188 valence electrons. The Bertz CT molecular complexity index is 833. The lowest BCUT2D eigenvalue weighted by atomic mass is 9.70. The Kier molecular flexibility index (Phi) is 7.23. The number of fused-ring (bicyclic) bond motifs is 1. The molecule has 1 aliphatic carbocycles. The molecule has 4 saturated heterocycles. The molecule has 1 saturated carbocycles. The van der Waals surface area contributed by atoms with Crippen molar-refractivity contribution in [3.05, 3.63) is 0 Å². The Balaban J connectivity index is 1.20. The second-order valence-electron chi connectivity index (χ2n) is 10.3. The van der Waals surface area contributed by atoms with Crippen molar-refractivity contribution in [2.75, 3.05) is 33.3 Å². The molecule has 5 aliphatic rings. The van der Waals surface area contributed by atoms with Gasteiger partial charge < -0.3 is 15.4 Å². The van der Waals surface area contributed by atoms with E-state index in [1.807, 2.05) is 0 Å². The van der Waals surface area contributed by atoms with E-state index in [0.717, 1.165) is 25.7 Å². The molecular weight excluding hydrogens is 486 g/mol. The van der Waals surface area contributed by atoms with E-state index in [-0.39, 0.29) is 57.3 Å². The largest absolute Gasteiger partial charge is 0.380 e. The molecule has 4 heterocycles. The first kappa shape index (κ1) is 24.5. The number of thioether (sulfide) groups is 1. The molecule has 5 fully saturated rings. The highest BCUT2D eigenvalue weighted by molar-refractivity contribution is 8.00. The van der Waals surface area contributed by atoms with Crippen LogP contribution in [0.2, 0.25) is 0 Å². The summed E-state index contributed by atoms with van der Waals surface area (Å²) in [4.78, 5) is 13.4. The molecular formula is C21H36ClN5O4S2. The van der Waals surface area contributed by atoms with E-state index in [4.69, 9.17) is 16.3 Å². The SMILES string of the molecule is COC1CNC(Cl)CC1C1CC(C)NCC1C(=O)NC1NC2CN(S(=O)(=O)C3CC3)CC2S1. The van der Waals surface area contributed by atoms with Gasteiger partial charge in [0.15, 0.2) is 0 Å². The van der Waals surface area contributed by atoms with Crippen LogP contribution in [0.25, 0.3) is 0 Å². The number of hydrogen-bond acceptors (Lipinski definition) is 8. The van der Waals surface area contributed by atoms with Crippen molar-refractivity contribution in [2.45, 2.75) is 72.3 Å². The van der Waals surface area contributed by atoms with Crippen LogP contribution >= 0.6 is 23.4 Å². The van der Waals surface area contributed by atoms with Gasteiger partial charge in [0.05, 0.1) is 22.8 Å². The van der Waals surface area contributed by atoms with Gasteiger partial charge in [0, 0.05) is 50.6 Å². The summed E-state index contributed by atoms with van der Waals surface area (Å²) in [7, 11) is -1.41. The molecule has 5 rings (SSSR count). The number of nitrogens with one attached hydrogen (secondary N) is 4. The maximum atomic E-state index is 13.4. The topological polar surface area (TPSA) is 112 Å². The number of alkyl halides is 1. The zero-order valence-electron chi connectivity index (χ0n) is 19.2. The number of halogens is 1. The van der Waals surface area contributed by atoms with Crippen LogP contribution in [-0.2, 0) is 19.6 Å². The van der Waals surface area contributed by atoms with Crippen molar-refractivity contribution in [3.8, 4) is 0 Å². The molecule has 4 aliphatic heterocycles. The first-order valence-corrected chi connectivity index (χ1v) is 15.0.